The largest absolute Gasteiger partial charge is 0.394 e. The molecule has 8 heteroatoms. The van der Waals surface area contributed by atoms with E-state index in [2.05, 4.69) is 13.2 Å². The Morgan fingerprint density at radius 3 is 1.90 bits per heavy atom. The first kappa shape index (κ1) is 33.4. The van der Waals surface area contributed by atoms with Gasteiger partial charge < -0.3 is 24.5 Å². The van der Waals surface area contributed by atoms with Crippen molar-refractivity contribution in [2.24, 2.45) is 11.8 Å². The second-order valence-corrected chi connectivity index (χ2v) is 13.2. The van der Waals surface area contributed by atoms with E-state index in [9.17, 15) is 9.90 Å². The molecule has 3 saturated heterocycles. The van der Waals surface area contributed by atoms with Gasteiger partial charge in [0.1, 0.15) is 11.6 Å². The molecule has 6 rings (SSSR count). The molecule has 3 aromatic carbocycles. The van der Waals surface area contributed by atoms with Crippen molar-refractivity contribution in [2.75, 3.05) is 19.7 Å². The Labute approximate surface area is 283 Å². The minimum absolute atomic E-state index is 0.180. The molecule has 0 aliphatic carbocycles. The fraction of sp³-hybridized carbons (Fsp3) is 0.375. The SMILES string of the molecule is C=CCN(Cc1ccccc1)C(=O)C1N([C@H](CO)c2ccccc2)C(=O)[C@@H]2[C@H](C(=O)N(CC=C)Cc3ccccc3)[C@]3(CC)CCC12O3. The Morgan fingerprint density at radius 1 is 0.875 bits per heavy atom. The van der Waals surface area contributed by atoms with Gasteiger partial charge in [-0.25, -0.2) is 0 Å². The third kappa shape index (κ3) is 5.67. The molecule has 3 fully saturated rings. The van der Waals surface area contributed by atoms with E-state index in [4.69, 9.17) is 4.74 Å². The van der Waals surface area contributed by atoms with Crippen LogP contribution in [0.2, 0.25) is 0 Å². The number of carbonyl (C=O) groups excluding carboxylic acids is 3. The van der Waals surface area contributed by atoms with Crippen LogP contribution in [0.1, 0.15) is 48.9 Å². The summed E-state index contributed by atoms with van der Waals surface area (Å²) in [5, 5.41) is 10.9. The summed E-state index contributed by atoms with van der Waals surface area (Å²) in [6.07, 6.45) is 4.90. The lowest BCUT2D eigenvalue weighted by atomic mass is 9.64. The van der Waals surface area contributed by atoms with Crippen molar-refractivity contribution < 1.29 is 24.2 Å². The quantitative estimate of drug-likeness (QED) is 0.240. The minimum Gasteiger partial charge on any atom is -0.394 e. The summed E-state index contributed by atoms with van der Waals surface area (Å²) < 4.78 is 7.09. The van der Waals surface area contributed by atoms with Crippen LogP contribution >= 0.6 is 0 Å². The zero-order valence-corrected chi connectivity index (χ0v) is 27.6. The van der Waals surface area contributed by atoms with E-state index in [-0.39, 0.29) is 24.3 Å². The maximum atomic E-state index is 15.1. The van der Waals surface area contributed by atoms with Gasteiger partial charge in [-0.15, -0.1) is 13.2 Å². The zero-order valence-electron chi connectivity index (χ0n) is 27.6. The van der Waals surface area contributed by atoms with E-state index >= 15 is 9.59 Å². The number of ether oxygens (including phenoxy) is 1. The third-order valence-electron chi connectivity index (χ3n) is 10.6. The van der Waals surface area contributed by atoms with Gasteiger partial charge in [0.25, 0.3) is 0 Å². The highest BCUT2D eigenvalue weighted by molar-refractivity contribution is 5.99. The topological polar surface area (TPSA) is 90.4 Å². The van der Waals surface area contributed by atoms with Gasteiger partial charge in [-0.3, -0.25) is 14.4 Å². The van der Waals surface area contributed by atoms with Crippen LogP contribution in [0.25, 0.3) is 0 Å². The predicted octanol–water partition coefficient (Wildman–Crippen LogP) is 5.30. The Bertz CT molecular complexity index is 1630. The van der Waals surface area contributed by atoms with Gasteiger partial charge in [0.2, 0.25) is 17.7 Å². The summed E-state index contributed by atoms with van der Waals surface area (Å²) in [4.78, 5) is 49.9. The molecule has 48 heavy (non-hydrogen) atoms. The van der Waals surface area contributed by atoms with Crippen molar-refractivity contribution >= 4 is 17.7 Å². The number of benzene rings is 3. The van der Waals surface area contributed by atoms with E-state index < -0.39 is 41.7 Å². The van der Waals surface area contributed by atoms with Crippen LogP contribution < -0.4 is 0 Å². The molecule has 0 aromatic heterocycles. The van der Waals surface area contributed by atoms with Gasteiger partial charge in [-0.1, -0.05) is 110 Å². The predicted molar refractivity (Wildman–Crippen MR) is 184 cm³/mol. The molecular formula is C40H45N3O5. The van der Waals surface area contributed by atoms with Crippen LogP contribution in [0.4, 0.5) is 0 Å². The maximum absolute atomic E-state index is 15.1. The van der Waals surface area contributed by atoms with E-state index in [1.165, 1.54) is 0 Å². The fourth-order valence-corrected chi connectivity index (χ4v) is 8.43. The molecular weight excluding hydrogens is 602 g/mol. The number of hydrogen-bond acceptors (Lipinski definition) is 5. The molecule has 0 radical (unpaired) electrons. The standard InChI is InChI=1S/C40H45N3O5/c1-4-24-41(26-29-16-10-7-11-17-29)36(45)33-34-37(46)43(32(28-44)31-20-14-9-15-21-31)35(40(34)23-22-39(33,6-3)48-40)38(47)42(25-5-2)27-30-18-12-8-13-19-30/h4-5,7-21,32-35,44H,1-2,6,22-28H2,3H3/t32-,33-,34+,35?,39+,40?/m1/s1. The molecule has 3 aliphatic rings. The summed E-state index contributed by atoms with van der Waals surface area (Å²) in [6.45, 7) is 10.7. The number of carbonyl (C=O) groups is 3. The summed E-state index contributed by atoms with van der Waals surface area (Å²) in [7, 11) is 0. The molecule has 3 amide bonds. The first-order valence-electron chi connectivity index (χ1n) is 16.9. The number of hydrogen-bond donors (Lipinski definition) is 1. The molecule has 3 heterocycles. The van der Waals surface area contributed by atoms with Crippen LogP contribution in [-0.4, -0.2) is 74.5 Å². The fourth-order valence-electron chi connectivity index (χ4n) is 8.43. The number of amides is 3. The van der Waals surface area contributed by atoms with Gasteiger partial charge in [-0.05, 0) is 36.0 Å². The molecule has 1 spiro atoms. The number of rotatable bonds is 14. The van der Waals surface area contributed by atoms with Crippen LogP contribution in [0.5, 0.6) is 0 Å². The molecule has 250 valence electrons. The minimum atomic E-state index is -1.24. The number of aliphatic hydroxyl groups excluding tert-OH is 1. The second kappa shape index (κ2) is 13.9. The highest BCUT2D eigenvalue weighted by Crippen LogP contribution is 2.65. The Morgan fingerprint density at radius 2 is 1.40 bits per heavy atom. The van der Waals surface area contributed by atoms with Crippen LogP contribution in [-0.2, 0) is 32.2 Å². The Hall–Kier alpha value is -4.53. The van der Waals surface area contributed by atoms with Crippen LogP contribution in [0.15, 0.2) is 116 Å². The zero-order chi connectivity index (χ0) is 33.9. The number of fused-ring (bicyclic) bond motifs is 1. The number of aliphatic hydroxyl groups is 1. The summed E-state index contributed by atoms with van der Waals surface area (Å²) in [5.41, 5.74) is 0.475. The number of likely N-dealkylation sites (tertiary alicyclic amines) is 1. The first-order chi connectivity index (χ1) is 23.3. The van der Waals surface area contributed by atoms with Crippen molar-refractivity contribution in [1.82, 2.24) is 14.7 Å². The molecule has 2 bridgehead atoms. The van der Waals surface area contributed by atoms with Crippen molar-refractivity contribution in [1.29, 1.82) is 0 Å². The van der Waals surface area contributed by atoms with E-state index in [1.54, 1.807) is 26.9 Å². The molecule has 3 aromatic rings. The van der Waals surface area contributed by atoms with Crippen LogP contribution in [0, 0.1) is 11.8 Å². The van der Waals surface area contributed by atoms with Gasteiger partial charge in [-0.2, -0.15) is 0 Å². The lowest BCUT2D eigenvalue weighted by Crippen LogP contribution is -2.57. The van der Waals surface area contributed by atoms with Gasteiger partial charge in [0.05, 0.1) is 30.1 Å². The Kier molecular flexibility index (Phi) is 9.67. The smallest absolute Gasteiger partial charge is 0.249 e. The van der Waals surface area contributed by atoms with Crippen molar-refractivity contribution in [3.63, 3.8) is 0 Å². The highest BCUT2D eigenvalue weighted by Gasteiger charge is 2.79. The summed E-state index contributed by atoms with van der Waals surface area (Å²) in [5.74, 6) is -2.49. The average Bonchev–Trinajstić information content (AvgIpc) is 3.73. The van der Waals surface area contributed by atoms with Gasteiger partial charge in [0.15, 0.2) is 0 Å². The van der Waals surface area contributed by atoms with Crippen molar-refractivity contribution in [3.05, 3.63) is 133 Å². The number of nitrogens with zero attached hydrogens (tertiary/aromatic N) is 3. The van der Waals surface area contributed by atoms with Gasteiger partial charge >= 0.3 is 0 Å². The third-order valence-corrected chi connectivity index (χ3v) is 10.6. The van der Waals surface area contributed by atoms with Crippen molar-refractivity contribution in [2.45, 2.75) is 62.6 Å². The molecule has 0 saturated carbocycles. The highest BCUT2D eigenvalue weighted by atomic mass is 16.5. The van der Waals surface area contributed by atoms with Crippen LogP contribution in [0.3, 0.4) is 0 Å². The summed E-state index contributed by atoms with van der Waals surface area (Å²) in [6, 6.07) is 26.9. The summed E-state index contributed by atoms with van der Waals surface area (Å²) >= 11 is 0. The average molecular weight is 648 g/mol. The lowest BCUT2D eigenvalue weighted by molar-refractivity contribution is -0.158. The second-order valence-electron chi connectivity index (χ2n) is 13.2. The lowest BCUT2D eigenvalue weighted by Gasteiger charge is -2.39. The molecule has 6 atom stereocenters. The van der Waals surface area contributed by atoms with Gasteiger partial charge in [0, 0.05) is 26.2 Å². The monoisotopic (exact) mass is 647 g/mol. The maximum Gasteiger partial charge on any atom is 0.249 e. The van der Waals surface area contributed by atoms with E-state index in [0.717, 1.165) is 11.1 Å². The molecule has 1 N–H and O–H groups in total. The molecule has 3 aliphatic heterocycles. The normalized spacial score (nSPS) is 26.2. The van der Waals surface area contributed by atoms with Crippen molar-refractivity contribution in [3.8, 4) is 0 Å². The first-order valence-corrected chi connectivity index (χ1v) is 16.9. The van der Waals surface area contributed by atoms with E-state index in [0.29, 0.717) is 44.5 Å². The Balaban J connectivity index is 1.46. The van der Waals surface area contributed by atoms with E-state index in [1.807, 2.05) is 97.9 Å². The molecule has 8 nitrogen and oxygen atoms in total. The molecule has 2 unspecified atom stereocenters.